The zero-order chi connectivity index (χ0) is 19.9. The van der Waals surface area contributed by atoms with Gasteiger partial charge in [-0.1, -0.05) is 32.4 Å². The van der Waals surface area contributed by atoms with E-state index in [1.807, 2.05) is 17.0 Å². The molecule has 3 aliphatic rings. The molecule has 0 N–H and O–H groups in total. The van der Waals surface area contributed by atoms with Gasteiger partial charge in [0.2, 0.25) is 0 Å². The zero-order valence-electron chi connectivity index (χ0n) is 17.3. The summed E-state index contributed by atoms with van der Waals surface area (Å²) >= 11 is 5.99. The van der Waals surface area contributed by atoms with Gasteiger partial charge in [0.1, 0.15) is 0 Å². The maximum Gasteiger partial charge on any atom is 0.253 e. The monoisotopic (exact) mass is 405 g/mol. The molecule has 0 saturated carbocycles. The van der Waals surface area contributed by atoms with Gasteiger partial charge < -0.3 is 9.64 Å². The molecule has 0 unspecified atom stereocenters. The number of morpholine rings is 1. The fourth-order valence-electron chi connectivity index (χ4n) is 4.84. The fraction of sp³-hybridized carbons (Fsp3) is 0.682. The van der Waals surface area contributed by atoms with Crippen molar-refractivity contribution in [2.45, 2.75) is 38.8 Å². The van der Waals surface area contributed by atoms with E-state index in [0.29, 0.717) is 28.6 Å². The average molecular weight is 406 g/mol. The quantitative estimate of drug-likeness (QED) is 0.774. The number of piperazine rings is 1. The third-order valence-electron chi connectivity index (χ3n) is 6.35. The molecule has 1 aromatic rings. The van der Waals surface area contributed by atoms with E-state index in [1.165, 1.54) is 6.42 Å². The van der Waals surface area contributed by atoms with Gasteiger partial charge >= 0.3 is 0 Å². The number of rotatable bonds is 3. The summed E-state index contributed by atoms with van der Waals surface area (Å²) in [5, 5.41) is 0.659. The molecule has 1 atom stereocenters. The summed E-state index contributed by atoms with van der Waals surface area (Å²) in [5.74, 6) is 0.106. The Labute approximate surface area is 173 Å². The van der Waals surface area contributed by atoms with Crippen molar-refractivity contribution < 1.29 is 9.53 Å². The highest BCUT2D eigenvalue weighted by molar-refractivity contribution is 6.30. The Bertz CT molecular complexity index is 709. The predicted molar refractivity (Wildman–Crippen MR) is 112 cm³/mol. The third-order valence-corrected chi connectivity index (χ3v) is 6.60. The number of hydrogen-bond donors (Lipinski definition) is 0. The van der Waals surface area contributed by atoms with Crippen molar-refractivity contribution in [3.8, 4) is 0 Å². The van der Waals surface area contributed by atoms with Crippen LogP contribution in [0.2, 0.25) is 5.02 Å². The van der Waals surface area contributed by atoms with Crippen LogP contribution < -0.4 is 0 Å². The van der Waals surface area contributed by atoms with E-state index in [4.69, 9.17) is 16.3 Å². The second-order valence-corrected chi connectivity index (χ2v) is 10.3. The molecule has 5 nitrogen and oxygen atoms in total. The van der Waals surface area contributed by atoms with Gasteiger partial charge in [0, 0.05) is 43.3 Å². The summed E-state index contributed by atoms with van der Waals surface area (Å²) in [5.41, 5.74) is 1.15. The van der Waals surface area contributed by atoms with Gasteiger partial charge in [-0.25, -0.2) is 0 Å². The Hall–Kier alpha value is -1.14. The van der Waals surface area contributed by atoms with Crippen LogP contribution in [-0.2, 0) is 4.74 Å². The van der Waals surface area contributed by atoms with E-state index < -0.39 is 0 Å². The molecule has 3 heterocycles. The van der Waals surface area contributed by atoms with Crippen LogP contribution in [0.5, 0.6) is 0 Å². The number of carbonyl (C=O) groups is 1. The second-order valence-electron chi connectivity index (χ2n) is 9.86. The summed E-state index contributed by atoms with van der Waals surface area (Å²) in [6.45, 7) is 14.1. The van der Waals surface area contributed by atoms with Crippen LogP contribution in [0.15, 0.2) is 24.3 Å². The molecule has 0 aromatic heterocycles. The molecule has 0 aliphatic carbocycles. The Morgan fingerprint density at radius 3 is 2.61 bits per heavy atom. The average Bonchev–Trinajstić information content (AvgIpc) is 2.63. The molecule has 3 aliphatic heterocycles. The normalized spacial score (nSPS) is 25.4. The number of likely N-dealkylation sites (tertiary alicyclic amines) is 1. The molecule has 28 heavy (non-hydrogen) atoms. The molecule has 1 aromatic carbocycles. The highest BCUT2D eigenvalue weighted by atomic mass is 35.5. The SMILES string of the molecule is CC(C)(C)CCN1CC2(C1)CN(C(=O)c1ccc(Cl)cc1)C[C@@H]1COCCN12. The summed E-state index contributed by atoms with van der Waals surface area (Å²) in [4.78, 5) is 20.4. The first-order valence-corrected chi connectivity index (χ1v) is 10.8. The van der Waals surface area contributed by atoms with E-state index >= 15 is 0 Å². The molecular formula is C22H32ClN3O2. The van der Waals surface area contributed by atoms with Crippen molar-refractivity contribution in [2.75, 3.05) is 52.5 Å². The highest BCUT2D eigenvalue weighted by Crippen LogP contribution is 2.37. The Balaban J connectivity index is 1.48. The van der Waals surface area contributed by atoms with Crippen LogP contribution in [0.25, 0.3) is 0 Å². The van der Waals surface area contributed by atoms with Gasteiger partial charge in [-0.15, -0.1) is 0 Å². The van der Waals surface area contributed by atoms with Gasteiger partial charge in [0.25, 0.3) is 5.91 Å². The zero-order valence-corrected chi connectivity index (χ0v) is 18.0. The lowest BCUT2D eigenvalue weighted by Crippen LogP contribution is -2.81. The molecule has 1 amide bonds. The van der Waals surface area contributed by atoms with E-state index in [1.54, 1.807) is 12.1 Å². The molecule has 0 radical (unpaired) electrons. The maximum atomic E-state index is 13.2. The van der Waals surface area contributed by atoms with E-state index in [2.05, 4.69) is 30.6 Å². The van der Waals surface area contributed by atoms with Crippen molar-refractivity contribution in [2.24, 2.45) is 5.41 Å². The third kappa shape index (κ3) is 4.09. The fourth-order valence-corrected chi connectivity index (χ4v) is 4.97. The van der Waals surface area contributed by atoms with E-state index in [9.17, 15) is 4.79 Å². The smallest absolute Gasteiger partial charge is 0.253 e. The minimum Gasteiger partial charge on any atom is -0.378 e. The van der Waals surface area contributed by atoms with Gasteiger partial charge in [0.15, 0.2) is 0 Å². The molecule has 154 valence electrons. The van der Waals surface area contributed by atoms with Crippen molar-refractivity contribution in [1.29, 1.82) is 0 Å². The molecule has 0 bridgehead atoms. The minimum absolute atomic E-state index is 0.0761. The summed E-state index contributed by atoms with van der Waals surface area (Å²) in [7, 11) is 0. The Morgan fingerprint density at radius 1 is 1.21 bits per heavy atom. The Morgan fingerprint density at radius 2 is 1.93 bits per heavy atom. The molecule has 4 rings (SSSR count). The minimum atomic E-state index is 0.0761. The van der Waals surface area contributed by atoms with Gasteiger partial charge in [-0.2, -0.15) is 0 Å². The first kappa shape index (κ1) is 20.1. The van der Waals surface area contributed by atoms with Crippen LogP contribution >= 0.6 is 11.6 Å². The molecule has 6 heteroatoms. The summed E-state index contributed by atoms with van der Waals surface area (Å²) in [6.07, 6.45) is 1.20. The predicted octanol–water partition coefficient (Wildman–Crippen LogP) is 2.99. The Kier molecular flexibility index (Phi) is 5.47. The standard InChI is InChI=1S/C22H32ClN3O2/c1-21(2,3)8-9-24-14-22(15-24)16-25(12-19-13-28-11-10-26(19)22)20(27)17-4-6-18(23)7-5-17/h4-7,19H,8-16H2,1-3H3/t19-/m1/s1. The lowest BCUT2D eigenvalue weighted by Gasteiger charge is -2.63. The number of hydrogen-bond acceptors (Lipinski definition) is 4. The number of ether oxygens (including phenoxy) is 1. The van der Waals surface area contributed by atoms with Gasteiger partial charge in [-0.05, 0) is 42.6 Å². The largest absolute Gasteiger partial charge is 0.378 e. The first-order chi connectivity index (χ1) is 13.3. The lowest BCUT2D eigenvalue weighted by molar-refractivity contribution is -0.159. The van der Waals surface area contributed by atoms with Crippen molar-refractivity contribution in [1.82, 2.24) is 14.7 Å². The molecule has 3 saturated heterocycles. The highest BCUT2D eigenvalue weighted by Gasteiger charge is 2.54. The maximum absolute atomic E-state index is 13.2. The first-order valence-electron chi connectivity index (χ1n) is 10.4. The van der Waals surface area contributed by atoms with Crippen LogP contribution in [0.3, 0.4) is 0 Å². The number of nitrogens with zero attached hydrogens (tertiary/aromatic N) is 3. The van der Waals surface area contributed by atoms with E-state index in [0.717, 1.165) is 45.9 Å². The number of carbonyl (C=O) groups excluding carboxylic acids is 1. The van der Waals surface area contributed by atoms with Crippen LogP contribution in [-0.4, -0.2) is 84.7 Å². The number of amides is 1. The molecule has 1 spiro atoms. The summed E-state index contributed by atoms with van der Waals surface area (Å²) in [6, 6.07) is 7.54. The van der Waals surface area contributed by atoms with Gasteiger partial charge in [-0.3, -0.25) is 14.6 Å². The van der Waals surface area contributed by atoms with Crippen molar-refractivity contribution in [3.63, 3.8) is 0 Å². The number of benzene rings is 1. The van der Waals surface area contributed by atoms with Crippen molar-refractivity contribution >= 4 is 17.5 Å². The van der Waals surface area contributed by atoms with Crippen LogP contribution in [0.1, 0.15) is 37.6 Å². The van der Waals surface area contributed by atoms with E-state index in [-0.39, 0.29) is 11.4 Å². The lowest BCUT2D eigenvalue weighted by atomic mass is 9.81. The number of halogens is 1. The topological polar surface area (TPSA) is 36.0 Å². The summed E-state index contributed by atoms with van der Waals surface area (Å²) < 4.78 is 5.76. The molecule has 3 fully saturated rings. The second kappa shape index (κ2) is 7.60. The molecular weight excluding hydrogens is 374 g/mol. The van der Waals surface area contributed by atoms with Crippen LogP contribution in [0.4, 0.5) is 0 Å². The van der Waals surface area contributed by atoms with Crippen molar-refractivity contribution in [3.05, 3.63) is 34.9 Å². The van der Waals surface area contributed by atoms with Gasteiger partial charge in [0.05, 0.1) is 24.8 Å². The van der Waals surface area contributed by atoms with Crippen LogP contribution in [0, 0.1) is 5.41 Å². The number of fused-ring (bicyclic) bond motifs is 2.